The van der Waals surface area contributed by atoms with E-state index in [9.17, 15) is 0 Å². The molecule has 0 aromatic heterocycles. The fourth-order valence-corrected chi connectivity index (χ4v) is 1.19. The van der Waals surface area contributed by atoms with Gasteiger partial charge in [0.15, 0.2) is 0 Å². The first kappa shape index (κ1) is 9.30. The van der Waals surface area contributed by atoms with Gasteiger partial charge in [-0.1, -0.05) is 35.9 Å². The van der Waals surface area contributed by atoms with Crippen LogP contribution in [0, 0.1) is 0 Å². The van der Waals surface area contributed by atoms with Gasteiger partial charge in [-0.3, -0.25) is 0 Å². The van der Waals surface area contributed by atoms with Gasteiger partial charge in [-0.2, -0.15) is 0 Å². The molecule has 0 fully saturated rings. The summed E-state index contributed by atoms with van der Waals surface area (Å²) in [5, 5.41) is 0.786. The summed E-state index contributed by atoms with van der Waals surface area (Å²) in [5.74, 6) is 0. The van der Waals surface area contributed by atoms with Crippen molar-refractivity contribution < 1.29 is 0 Å². The zero-order chi connectivity index (χ0) is 8.81. The molecule has 64 valence electrons. The van der Waals surface area contributed by atoms with Gasteiger partial charge in [-0.25, -0.2) is 0 Å². The Bertz CT molecular complexity index is 268. The monoisotopic (exact) mass is 181 g/mol. The van der Waals surface area contributed by atoms with Crippen LogP contribution in [0.2, 0.25) is 5.02 Å². The van der Waals surface area contributed by atoms with E-state index in [1.54, 1.807) is 0 Å². The van der Waals surface area contributed by atoms with Gasteiger partial charge >= 0.3 is 0 Å². The van der Waals surface area contributed by atoms with Crippen molar-refractivity contribution >= 4 is 11.6 Å². The van der Waals surface area contributed by atoms with Crippen LogP contribution in [0.25, 0.3) is 0 Å². The summed E-state index contributed by atoms with van der Waals surface area (Å²) in [6.45, 7) is 0.598. The Morgan fingerprint density at radius 2 is 2.17 bits per heavy atom. The van der Waals surface area contributed by atoms with Crippen molar-refractivity contribution in [1.29, 1.82) is 0 Å². The number of rotatable bonds is 3. The van der Waals surface area contributed by atoms with Crippen LogP contribution >= 0.6 is 11.6 Å². The molecule has 0 aliphatic heterocycles. The highest BCUT2D eigenvalue weighted by atomic mass is 35.5. The molecule has 2 heteroatoms. The molecule has 1 rings (SSSR count). The van der Waals surface area contributed by atoms with E-state index in [2.05, 4.69) is 0 Å². The second kappa shape index (κ2) is 4.96. The van der Waals surface area contributed by atoms with Crippen molar-refractivity contribution in [3.05, 3.63) is 47.0 Å². The Balaban J connectivity index is 2.57. The minimum Gasteiger partial charge on any atom is -0.327 e. The van der Waals surface area contributed by atoms with Gasteiger partial charge in [-0.15, -0.1) is 0 Å². The topological polar surface area (TPSA) is 26.0 Å². The number of nitrogens with two attached hydrogens (primary N) is 1. The van der Waals surface area contributed by atoms with Gasteiger partial charge in [0.25, 0.3) is 0 Å². The van der Waals surface area contributed by atoms with E-state index in [4.69, 9.17) is 17.3 Å². The molecule has 1 aromatic carbocycles. The summed E-state index contributed by atoms with van der Waals surface area (Å²) in [7, 11) is 0. The Kier molecular flexibility index (Phi) is 3.85. The maximum Gasteiger partial charge on any atom is 0.0408 e. The van der Waals surface area contributed by atoms with E-state index in [0.29, 0.717) is 6.54 Å². The summed E-state index contributed by atoms with van der Waals surface area (Å²) in [6.07, 6.45) is 4.89. The predicted molar refractivity (Wildman–Crippen MR) is 53.4 cm³/mol. The highest BCUT2D eigenvalue weighted by molar-refractivity contribution is 6.30. The van der Waals surface area contributed by atoms with Gasteiger partial charge < -0.3 is 5.73 Å². The van der Waals surface area contributed by atoms with E-state index >= 15 is 0 Å². The molecule has 0 spiro atoms. The van der Waals surface area contributed by atoms with Crippen molar-refractivity contribution in [3.63, 3.8) is 0 Å². The molecule has 1 nitrogen and oxygen atoms in total. The third-order valence-corrected chi connectivity index (χ3v) is 1.78. The maximum absolute atomic E-state index is 5.81. The number of benzene rings is 1. The molecule has 0 amide bonds. The van der Waals surface area contributed by atoms with Crippen LogP contribution < -0.4 is 5.73 Å². The first-order valence-corrected chi connectivity index (χ1v) is 4.30. The third kappa shape index (κ3) is 3.07. The van der Waals surface area contributed by atoms with Crippen LogP contribution in [0.3, 0.4) is 0 Å². The summed E-state index contributed by atoms with van der Waals surface area (Å²) < 4.78 is 0. The second-order valence-electron chi connectivity index (χ2n) is 2.54. The minimum atomic E-state index is 0.598. The third-order valence-electron chi connectivity index (χ3n) is 1.55. The first-order valence-electron chi connectivity index (χ1n) is 3.92. The highest BCUT2D eigenvalue weighted by Gasteiger charge is 1.89. The highest BCUT2D eigenvalue weighted by Crippen LogP contribution is 2.11. The lowest BCUT2D eigenvalue weighted by Crippen LogP contribution is -1.92. The van der Waals surface area contributed by atoms with E-state index in [-0.39, 0.29) is 0 Å². The van der Waals surface area contributed by atoms with Crippen molar-refractivity contribution in [2.24, 2.45) is 5.73 Å². The molecule has 0 heterocycles. The standard InChI is InChI=1S/C10H12ClN/c11-10-6-3-5-9(8-10)4-1-2-7-12/h1-3,5-6,8H,4,7,12H2/b2-1+. The quantitative estimate of drug-likeness (QED) is 0.713. The molecule has 0 aliphatic rings. The molecular formula is C10H12ClN. The van der Waals surface area contributed by atoms with E-state index in [1.807, 2.05) is 36.4 Å². The average molecular weight is 182 g/mol. The van der Waals surface area contributed by atoms with Crippen LogP contribution in [-0.4, -0.2) is 6.54 Å². The number of hydrogen-bond acceptors (Lipinski definition) is 1. The van der Waals surface area contributed by atoms with Gasteiger partial charge in [0.1, 0.15) is 0 Å². The Morgan fingerprint density at radius 3 is 2.83 bits per heavy atom. The summed E-state index contributed by atoms with van der Waals surface area (Å²) >= 11 is 5.81. The normalized spacial score (nSPS) is 10.8. The summed E-state index contributed by atoms with van der Waals surface area (Å²) in [6, 6.07) is 7.83. The Hall–Kier alpha value is -0.790. The van der Waals surface area contributed by atoms with E-state index < -0.39 is 0 Å². The zero-order valence-electron chi connectivity index (χ0n) is 6.83. The molecule has 0 aliphatic carbocycles. The fraction of sp³-hybridized carbons (Fsp3) is 0.200. The molecule has 0 saturated heterocycles. The van der Waals surface area contributed by atoms with Crippen LogP contribution in [0.15, 0.2) is 36.4 Å². The molecular weight excluding hydrogens is 170 g/mol. The molecule has 0 saturated carbocycles. The lowest BCUT2D eigenvalue weighted by molar-refractivity contribution is 1.20. The zero-order valence-corrected chi connectivity index (χ0v) is 7.59. The van der Waals surface area contributed by atoms with Crippen LogP contribution in [-0.2, 0) is 6.42 Å². The number of allylic oxidation sites excluding steroid dienone is 1. The molecule has 0 bridgehead atoms. The van der Waals surface area contributed by atoms with E-state index in [1.165, 1.54) is 5.56 Å². The largest absolute Gasteiger partial charge is 0.327 e. The van der Waals surface area contributed by atoms with Gasteiger partial charge in [-0.05, 0) is 24.1 Å². The number of hydrogen-bond donors (Lipinski definition) is 1. The smallest absolute Gasteiger partial charge is 0.0408 e. The summed E-state index contributed by atoms with van der Waals surface area (Å²) in [5.41, 5.74) is 6.52. The van der Waals surface area contributed by atoms with Crippen molar-refractivity contribution in [1.82, 2.24) is 0 Å². The molecule has 0 radical (unpaired) electrons. The predicted octanol–water partition coefficient (Wildman–Crippen LogP) is 2.40. The molecule has 0 unspecified atom stereocenters. The van der Waals surface area contributed by atoms with Gasteiger partial charge in [0.05, 0.1) is 0 Å². The van der Waals surface area contributed by atoms with E-state index in [0.717, 1.165) is 11.4 Å². The molecule has 2 N–H and O–H groups in total. The number of halogens is 1. The second-order valence-corrected chi connectivity index (χ2v) is 2.98. The minimum absolute atomic E-state index is 0.598. The average Bonchev–Trinajstić information content (AvgIpc) is 2.05. The molecule has 0 atom stereocenters. The van der Waals surface area contributed by atoms with Crippen LogP contribution in [0.5, 0.6) is 0 Å². The van der Waals surface area contributed by atoms with Crippen molar-refractivity contribution in [2.75, 3.05) is 6.54 Å². The lowest BCUT2D eigenvalue weighted by Gasteiger charge is -1.95. The fourth-order valence-electron chi connectivity index (χ4n) is 0.980. The van der Waals surface area contributed by atoms with Gasteiger partial charge in [0.2, 0.25) is 0 Å². The van der Waals surface area contributed by atoms with Crippen LogP contribution in [0.4, 0.5) is 0 Å². The molecule has 1 aromatic rings. The van der Waals surface area contributed by atoms with Gasteiger partial charge in [0, 0.05) is 11.6 Å². The summed E-state index contributed by atoms with van der Waals surface area (Å²) in [4.78, 5) is 0. The first-order chi connectivity index (χ1) is 5.83. The Morgan fingerprint density at radius 1 is 1.33 bits per heavy atom. The maximum atomic E-state index is 5.81. The van der Waals surface area contributed by atoms with Crippen molar-refractivity contribution in [3.8, 4) is 0 Å². The lowest BCUT2D eigenvalue weighted by atomic mass is 10.1. The van der Waals surface area contributed by atoms with Crippen LogP contribution in [0.1, 0.15) is 5.56 Å². The SMILES string of the molecule is NC/C=C/Cc1cccc(Cl)c1. The molecule has 12 heavy (non-hydrogen) atoms. The van der Waals surface area contributed by atoms with Crippen molar-refractivity contribution in [2.45, 2.75) is 6.42 Å². The Labute approximate surface area is 77.8 Å².